The molecule has 0 aliphatic heterocycles. The van der Waals surface area contributed by atoms with Crippen LogP contribution in [0.25, 0.3) is 0 Å². The molecule has 50 heavy (non-hydrogen) atoms. The van der Waals surface area contributed by atoms with Gasteiger partial charge in [-0.2, -0.15) is 9.36 Å². The number of H-pyrrole nitrogens is 2. The smallest absolute Gasteiger partial charge is 0.267 e. The van der Waals surface area contributed by atoms with E-state index in [2.05, 4.69) is 30.2 Å². The van der Waals surface area contributed by atoms with Crippen molar-refractivity contribution in [2.75, 3.05) is 0 Å². The third kappa shape index (κ3) is 7.48. The van der Waals surface area contributed by atoms with Crippen molar-refractivity contribution in [3.05, 3.63) is 174 Å². The molecule has 7 rings (SSSR count). The summed E-state index contributed by atoms with van der Waals surface area (Å²) in [7, 11) is 0. The Morgan fingerprint density at radius 2 is 0.840 bits per heavy atom. The Balaban J connectivity index is 1.25. The van der Waals surface area contributed by atoms with Gasteiger partial charge in [0.2, 0.25) is 19.2 Å². The average Bonchev–Trinajstić information content (AvgIpc) is 3.73. The molecule has 2 aromatic heterocycles. The van der Waals surface area contributed by atoms with Crippen LogP contribution in [0, 0.1) is 0 Å². The largest absolute Gasteiger partial charge is 0.279 e. The lowest BCUT2D eigenvalue weighted by Gasteiger charge is -2.05. The summed E-state index contributed by atoms with van der Waals surface area (Å²) in [5.74, 6) is -0.795. The number of para-hydroxylation sites is 4. The summed E-state index contributed by atoms with van der Waals surface area (Å²) in [4.78, 5) is 47.9. The number of aromatic nitrogens is 4. The third-order valence-corrected chi connectivity index (χ3v) is 9.37. The van der Waals surface area contributed by atoms with E-state index in [-0.39, 0.29) is 0 Å². The lowest BCUT2D eigenvalue weighted by molar-refractivity contribution is 0.0928. The summed E-state index contributed by atoms with van der Waals surface area (Å²) in [5.41, 5.74) is 3.05. The number of rotatable bonds is 6. The molecule has 0 bridgehead atoms. The number of carbonyl (C=O) groups is 2. The van der Waals surface area contributed by atoms with E-state index in [9.17, 15) is 9.59 Å². The number of carbonyl (C=O) groups excluding carboxylic acids is 2. The highest BCUT2D eigenvalue weighted by Gasteiger charge is 2.16. The van der Waals surface area contributed by atoms with Crippen molar-refractivity contribution >= 4 is 80.4 Å². The first-order valence-corrected chi connectivity index (χ1v) is 17.4. The quantitative estimate of drug-likeness (QED) is 0.182. The van der Waals surface area contributed by atoms with Gasteiger partial charge in [-0.3, -0.25) is 19.8 Å². The number of aromatic amines is 2. The predicted octanol–water partition coefficient (Wildman–Crippen LogP) is 7.68. The number of hydrogen-bond acceptors (Lipinski definition) is 8. The van der Waals surface area contributed by atoms with Crippen LogP contribution in [0.1, 0.15) is 20.7 Å². The summed E-state index contributed by atoms with van der Waals surface area (Å²) < 4.78 is 2.65. The molecule has 0 atom stereocenters. The van der Waals surface area contributed by atoms with Gasteiger partial charge >= 0.3 is 0 Å². The number of nitrogens with one attached hydrogen (secondary N) is 2. The van der Waals surface area contributed by atoms with Crippen LogP contribution < -0.4 is 19.2 Å². The van der Waals surface area contributed by atoms with Gasteiger partial charge in [-0.05, 0) is 72.8 Å². The van der Waals surface area contributed by atoms with Crippen LogP contribution in [0.2, 0.25) is 10.0 Å². The van der Waals surface area contributed by atoms with E-state index in [1.54, 1.807) is 48.5 Å². The Labute approximate surface area is 302 Å². The summed E-state index contributed by atoms with van der Waals surface area (Å²) in [6.45, 7) is 0. The predicted molar refractivity (Wildman–Crippen MR) is 196 cm³/mol. The standard InChI is InChI=1S/C36H24Cl2N8O2S2/c37-27-15-7-9-17-29(27)41-33-43-45(35(49-33)39-25-11-3-1-4-12-25)31(47)23-19-21-24(22-20-23)32(48)46-36(40-26-13-5-2-6-14-26)50-34(44-46)42-30-18-10-8-16-28(30)38/h1-22H,(H,41,43)(H,42,44). The molecule has 14 heteroatoms. The number of benzene rings is 5. The van der Waals surface area contributed by atoms with Crippen LogP contribution in [0.5, 0.6) is 0 Å². The summed E-state index contributed by atoms with van der Waals surface area (Å²) in [5, 5.41) is 7.06. The maximum atomic E-state index is 13.9. The zero-order chi connectivity index (χ0) is 34.5. The summed E-state index contributed by atoms with van der Waals surface area (Å²) in [6.07, 6.45) is 0. The van der Waals surface area contributed by atoms with Gasteiger partial charge in [-0.25, -0.2) is 20.0 Å². The van der Waals surface area contributed by atoms with Crippen molar-refractivity contribution < 1.29 is 9.59 Å². The van der Waals surface area contributed by atoms with Gasteiger partial charge in [0, 0.05) is 11.1 Å². The van der Waals surface area contributed by atoms with E-state index < -0.39 is 11.8 Å². The molecule has 7 aromatic rings. The van der Waals surface area contributed by atoms with Crippen molar-refractivity contribution in [2.24, 2.45) is 20.0 Å². The zero-order valence-corrected chi connectivity index (χ0v) is 28.9. The fraction of sp³-hybridized carbons (Fsp3) is 0. The van der Waals surface area contributed by atoms with E-state index in [0.717, 1.165) is 0 Å². The van der Waals surface area contributed by atoms with Crippen molar-refractivity contribution in [3.63, 3.8) is 0 Å². The Hall–Kier alpha value is -5.66. The highest BCUT2D eigenvalue weighted by Crippen LogP contribution is 2.24. The molecule has 5 aromatic carbocycles. The van der Waals surface area contributed by atoms with Gasteiger partial charge in [0.1, 0.15) is 0 Å². The summed E-state index contributed by atoms with van der Waals surface area (Å²) in [6, 6.07) is 39.2. The van der Waals surface area contributed by atoms with Crippen molar-refractivity contribution in [1.82, 2.24) is 19.6 Å². The fourth-order valence-electron chi connectivity index (χ4n) is 4.66. The van der Waals surface area contributed by atoms with Gasteiger partial charge < -0.3 is 0 Å². The fourth-order valence-corrected chi connectivity index (χ4v) is 6.66. The van der Waals surface area contributed by atoms with Crippen LogP contribution in [0.3, 0.4) is 0 Å². The van der Waals surface area contributed by atoms with Crippen LogP contribution in [0.4, 0.5) is 22.7 Å². The molecule has 0 aliphatic carbocycles. The first-order chi connectivity index (χ1) is 24.4. The molecule has 0 spiro atoms. The molecule has 246 valence electrons. The lowest BCUT2D eigenvalue weighted by Crippen LogP contribution is -2.27. The molecule has 0 fully saturated rings. The number of halogens is 2. The Bertz CT molecular complexity index is 2430. The Morgan fingerprint density at radius 1 is 0.480 bits per heavy atom. The topological polar surface area (TPSA) is 125 Å². The zero-order valence-electron chi connectivity index (χ0n) is 25.8. The van der Waals surface area contributed by atoms with Gasteiger partial charge in [-0.1, -0.05) is 107 Å². The Morgan fingerprint density at radius 3 is 1.22 bits per heavy atom. The first kappa shape index (κ1) is 32.9. The van der Waals surface area contributed by atoms with Gasteiger partial charge in [0.15, 0.2) is 0 Å². The number of hydrogen-bond donors (Lipinski definition) is 2. The molecule has 0 aliphatic rings. The van der Waals surface area contributed by atoms with Crippen molar-refractivity contribution in [1.29, 1.82) is 0 Å². The highest BCUT2D eigenvalue weighted by molar-refractivity contribution is 7.06. The molecule has 2 heterocycles. The van der Waals surface area contributed by atoms with Crippen molar-refractivity contribution in [3.8, 4) is 0 Å². The molecule has 2 N–H and O–H groups in total. The molecule has 0 saturated carbocycles. The third-order valence-electron chi connectivity index (χ3n) is 7.07. The van der Waals surface area contributed by atoms with Crippen LogP contribution in [-0.2, 0) is 0 Å². The Kier molecular flexibility index (Phi) is 9.76. The molecular formula is C36H24Cl2N8O2S2. The molecule has 0 radical (unpaired) electrons. The molecule has 10 nitrogen and oxygen atoms in total. The van der Waals surface area contributed by atoms with E-state index in [1.165, 1.54) is 32.0 Å². The van der Waals surface area contributed by atoms with E-state index >= 15 is 0 Å². The van der Waals surface area contributed by atoms with E-state index in [1.807, 2.05) is 84.9 Å². The SMILES string of the molecule is O=C(c1ccc(C(=O)n2[nH]c(=Nc3ccccc3Cl)sc2=Nc2ccccc2)cc1)n1[nH]c(=Nc2ccccc2Cl)sc1=Nc1ccccc1. The van der Waals surface area contributed by atoms with Crippen LogP contribution in [0.15, 0.2) is 153 Å². The molecule has 0 saturated heterocycles. The van der Waals surface area contributed by atoms with E-state index in [4.69, 9.17) is 23.2 Å². The summed E-state index contributed by atoms with van der Waals surface area (Å²) >= 11 is 15.1. The second kappa shape index (κ2) is 14.8. The van der Waals surface area contributed by atoms with Crippen LogP contribution >= 0.6 is 45.9 Å². The maximum absolute atomic E-state index is 13.9. The monoisotopic (exact) mass is 734 g/mol. The van der Waals surface area contributed by atoms with E-state index in [0.29, 0.717) is 63.1 Å². The highest BCUT2D eigenvalue weighted by atomic mass is 35.5. The lowest BCUT2D eigenvalue weighted by atomic mass is 10.1. The number of nitrogens with zero attached hydrogens (tertiary/aromatic N) is 6. The first-order valence-electron chi connectivity index (χ1n) is 15.0. The minimum atomic E-state index is -0.397. The average molecular weight is 736 g/mol. The second-order valence-corrected chi connectivity index (χ2v) is 13.2. The minimum Gasteiger partial charge on any atom is -0.267 e. The molecule has 0 amide bonds. The molecular weight excluding hydrogens is 711 g/mol. The van der Waals surface area contributed by atoms with Crippen LogP contribution in [-0.4, -0.2) is 31.4 Å². The normalized spacial score (nSPS) is 12.8. The van der Waals surface area contributed by atoms with Gasteiger partial charge in [0.25, 0.3) is 11.8 Å². The van der Waals surface area contributed by atoms with Gasteiger partial charge in [0.05, 0.1) is 32.8 Å². The minimum absolute atomic E-state index is 0.317. The maximum Gasteiger partial charge on any atom is 0.279 e. The van der Waals surface area contributed by atoms with Gasteiger partial charge in [-0.15, -0.1) is 0 Å². The van der Waals surface area contributed by atoms with Crippen molar-refractivity contribution in [2.45, 2.75) is 0 Å². The molecule has 0 unspecified atom stereocenters. The second-order valence-electron chi connectivity index (χ2n) is 10.5.